The Bertz CT molecular complexity index is 206. The lowest BCUT2D eigenvalue weighted by atomic mass is 10.0. The fraction of sp³-hybridized carbons (Fsp3) is 0.667. The molecule has 1 rings (SSSR count). The summed E-state index contributed by atoms with van der Waals surface area (Å²) in [6, 6.07) is -0.465. The molecule has 1 atom stereocenters. The van der Waals surface area contributed by atoms with E-state index in [1.165, 1.54) is 4.90 Å². The molecule has 0 aromatic heterocycles. The number of nitrogens with two attached hydrogens (primary N) is 2. The molecular formula is C6H11N3O3. The summed E-state index contributed by atoms with van der Waals surface area (Å²) in [5.74, 6) is 3.93. The molecule has 0 aromatic carbocycles. The molecule has 1 saturated heterocycles. The van der Waals surface area contributed by atoms with E-state index in [-0.39, 0.29) is 12.5 Å². The molecule has 1 aliphatic rings. The van der Waals surface area contributed by atoms with E-state index in [1.807, 2.05) is 0 Å². The Labute approximate surface area is 69.4 Å². The monoisotopic (exact) mass is 173 g/mol. The number of nitrogens with zero attached hydrogens (tertiary/aromatic N) is 1. The lowest BCUT2D eigenvalue weighted by molar-refractivity contribution is -0.149. The van der Waals surface area contributed by atoms with Crippen LogP contribution in [0.1, 0.15) is 6.42 Å². The molecule has 0 bridgehead atoms. The van der Waals surface area contributed by atoms with Gasteiger partial charge in [-0.25, -0.2) is 5.90 Å². The molecule has 6 nitrogen and oxygen atoms in total. The molecule has 0 saturated carbocycles. The Morgan fingerprint density at radius 3 is 2.58 bits per heavy atom. The van der Waals surface area contributed by atoms with Gasteiger partial charge in [0.05, 0.1) is 0 Å². The summed E-state index contributed by atoms with van der Waals surface area (Å²) in [5, 5.41) is 0. The molecule has 12 heavy (non-hydrogen) atoms. The van der Waals surface area contributed by atoms with Crippen molar-refractivity contribution >= 4 is 11.8 Å². The predicted molar refractivity (Wildman–Crippen MR) is 39.5 cm³/mol. The number of carbonyl (C=O) groups excluding carboxylic acids is 2. The van der Waals surface area contributed by atoms with E-state index in [9.17, 15) is 9.59 Å². The van der Waals surface area contributed by atoms with Gasteiger partial charge in [0, 0.05) is 6.54 Å². The molecule has 2 amide bonds. The summed E-state index contributed by atoms with van der Waals surface area (Å²) in [6.45, 7) is 0.347. The summed E-state index contributed by atoms with van der Waals surface area (Å²) in [5.41, 5.74) is 5.02. The molecule has 0 aromatic rings. The second kappa shape index (κ2) is 3.51. The van der Waals surface area contributed by atoms with Gasteiger partial charge >= 0.3 is 0 Å². The van der Waals surface area contributed by atoms with Crippen LogP contribution in [0.5, 0.6) is 0 Å². The van der Waals surface area contributed by atoms with Crippen molar-refractivity contribution in [3.8, 4) is 0 Å². The number of carbonyl (C=O) groups is 2. The lowest BCUT2D eigenvalue weighted by Gasteiger charge is -2.38. The van der Waals surface area contributed by atoms with Crippen LogP contribution >= 0.6 is 0 Å². The van der Waals surface area contributed by atoms with E-state index >= 15 is 0 Å². The van der Waals surface area contributed by atoms with E-state index < -0.39 is 11.9 Å². The van der Waals surface area contributed by atoms with Crippen molar-refractivity contribution in [1.82, 2.24) is 4.90 Å². The van der Waals surface area contributed by atoms with Crippen molar-refractivity contribution < 1.29 is 14.4 Å². The molecule has 1 heterocycles. The fourth-order valence-electron chi connectivity index (χ4n) is 1.14. The molecule has 1 unspecified atom stereocenters. The van der Waals surface area contributed by atoms with E-state index in [0.29, 0.717) is 13.0 Å². The fourth-order valence-corrected chi connectivity index (χ4v) is 1.14. The first-order valence-electron chi connectivity index (χ1n) is 3.57. The van der Waals surface area contributed by atoms with Crippen molar-refractivity contribution in [2.45, 2.75) is 12.5 Å². The van der Waals surface area contributed by atoms with Gasteiger partial charge in [0.25, 0.3) is 5.91 Å². The topological polar surface area (TPSA) is 98.7 Å². The minimum absolute atomic E-state index is 0.205. The number of hydrogen-bond donors (Lipinski definition) is 2. The van der Waals surface area contributed by atoms with Crippen molar-refractivity contribution in [3.63, 3.8) is 0 Å². The maximum atomic E-state index is 11.1. The first kappa shape index (κ1) is 8.95. The van der Waals surface area contributed by atoms with Crippen LogP contribution in [0.2, 0.25) is 0 Å². The zero-order valence-electron chi connectivity index (χ0n) is 6.53. The van der Waals surface area contributed by atoms with Crippen LogP contribution in [0.25, 0.3) is 0 Å². The van der Waals surface area contributed by atoms with E-state index in [1.54, 1.807) is 0 Å². The summed E-state index contributed by atoms with van der Waals surface area (Å²) in [6.07, 6.45) is 0.631. The Morgan fingerprint density at radius 1 is 1.58 bits per heavy atom. The largest absolute Gasteiger partial charge is 0.368 e. The van der Waals surface area contributed by atoms with Crippen LogP contribution in [0.4, 0.5) is 0 Å². The zero-order chi connectivity index (χ0) is 9.14. The summed E-state index contributed by atoms with van der Waals surface area (Å²) in [4.78, 5) is 27.2. The normalized spacial score (nSPS) is 21.8. The molecule has 0 spiro atoms. The van der Waals surface area contributed by atoms with Crippen molar-refractivity contribution in [3.05, 3.63) is 0 Å². The average molecular weight is 173 g/mol. The molecule has 6 heteroatoms. The summed E-state index contributed by atoms with van der Waals surface area (Å²) < 4.78 is 0. The smallest absolute Gasteiger partial charge is 0.251 e. The van der Waals surface area contributed by atoms with Gasteiger partial charge in [-0.3, -0.25) is 14.4 Å². The predicted octanol–water partition coefficient (Wildman–Crippen LogP) is -2.04. The average Bonchev–Trinajstić information content (AvgIpc) is 1.82. The SMILES string of the molecule is NOCC(=O)N1CCC1C(N)=O. The summed E-state index contributed by atoms with van der Waals surface area (Å²) in [7, 11) is 0. The maximum absolute atomic E-state index is 11.1. The van der Waals surface area contributed by atoms with Gasteiger partial charge in [-0.05, 0) is 6.42 Å². The van der Waals surface area contributed by atoms with Gasteiger partial charge in [0.2, 0.25) is 5.91 Å². The number of hydrogen-bond acceptors (Lipinski definition) is 4. The Morgan fingerprint density at radius 2 is 2.25 bits per heavy atom. The molecule has 0 aliphatic carbocycles. The van der Waals surface area contributed by atoms with Crippen molar-refractivity contribution in [2.24, 2.45) is 11.6 Å². The van der Waals surface area contributed by atoms with Gasteiger partial charge in [-0.15, -0.1) is 0 Å². The van der Waals surface area contributed by atoms with Crippen LogP contribution in [-0.4, -0.2) is 35.9 Å². The van der Waals surface area contributed by atoms with E-state index in [4.69, 9.17) is 11.6 Å². The van der Waals surface area contributed by atoms with Crippen LogP contribution in [-0.2, 0) is 14.4 Å². The van der Waals surface area contributed by atoms with Gasteiger partial charge in [-0.1, -0.05) is 0 Å². The van der Waals surface area contributed by atoms with Crippen LogP contribution in [0, 0.1) is 0 Å². The van der Waals surface area contributed by atoms with Crippen LogP contribution in [0.15, 0.2) is 0 Å². The van der Waals surface area contributed by atoms with Crippen LogP contribution < -0.4 is 11.6 Å². The van der Waals surface area contributed by atoms with Crippen LogP contribution in [0.3, 0.4) is 0 Å². The maximum Gasteiger partial charge on any atom is 0.251 e. The highest BCUT2D eigenvalue weighted by atomic mass is 16.6. The third-order valence-corrected chi connectivity index (χ3v) is 1.88. The standard InChI is InChI=1S/C6H11N3O3/c7-6(11)4-1-2-9(4)5(10)3-12-8/h4H,1-3,8H2,(H2,7,11). The second-order valence-electron chi connectivity index (χ2n) is 2.60. The Hall–Kier alpha value is -1.14. The molecule has 0 radical (unpaired) electrons. The van der Waals surface area contributed by atoms with Crippen molar-refractivity contribution in [2.75, 3.05) is 13.2 Å². The van der Waals surface area contributed by atoms with Gasteiger partial charge in [-0.2, -0.15) is 0 Å². The first-order chi connectivity index (χ1) is 5.66. The Kier molecular flexibility index (Phi) is 2.61. The molecule has 4 N–H and O–H groups in total. The lowest BCUT2D eigenvalue weighted by Crippen LogP contribution is -2.58. The number of amides is 2. The molecule has 1 aliphatic heterocycles. The van der Waals surface area contributed by atoms with E-state index in [0.717, 1.165) is 0 Å². The van der Waals surface area contributed by atoms with Gasteiger partial charge < -0.3 is 10.6 Å². The van der Waals surface area contributed by atoms with Gasteiger partial charge in [0.15, 0.2) is 0 Å². The third kappa shape index (κ3) is 1.54. The highest BCUT2D eigenvalue weighted by molar-refractivity contribution is 5.88. The quantitative estimate of drug-likeness (QED) is 0.480. The first-order valence-corrected chi connectivity index (χ1v) is 3.57. The number of likely N-dealkylation sites (tertiary alicyclic amines) is 1. The van der Waals surface area contributed by atoms with E-state index in [2.05, 4.69) is 4.84 Å². The minimum Gasteiger partial charge on any atom is -0.368 e. The number of primary amides is 1. The zero-order valence-corrected chi connectivity index (χ0v) is 6.53. The Balaban J connectivity index is 2.43. The second-order valence-corrected chi connectivity index (χ2v) is 2.60. The minimum atomic E-state index is -0.480. The molecular weight excluding hydrogens is 162 g/mol. The number of rotatable bonds is 3. The summed E-state index contributed by atoms with van der Waals surface area (Å²) >= 11 is 0. The molecule has 68 valence electrons. The highest BCUT2D eigenvalue weighted by Gasteiger charge is 2.35. The van der Waals surface area contributed by atoms with Gasteiger partial charge in [0.1, 0.15) is 12.6 Å². The highest BCUT2D eigenvalue weighted by Crippen LogP contribution is 2.16. The third-order valence-electron chi connectivity index (χ3n) is 1.88. The van der Waals surface area contributed by atoms with Crippen molar-refractivity contribution in [1.29, 1.82) is 0 Å². The molecule has 1 fully saturated rings.